The minimum absolute atomic E-state index is 0.0521. The molecule has 31 heavy (non-hydrogen) atoms. The third-order valence-electron chi connectivity index (χ3n) is 5.90. The fraction of sp³-hybridized carbons (Fsp3) is 0.480. The third kappa shape index (κ3) is 5.95. The molecule has 1 fully saturated rings. The number of aryl methyl sites for hydroxylation is 1. The van der Waals surface area contributed by atoms with Crippen LogP contribution in [0.4, 0.5) is 0 Å². The first-order valence-corrected chi connectivity index (χ1v) is 12.9. The highest BCUT2D eigenvalue weighted by Gasteiger charge is 2.30. The first kappa shape index (κ1) is 25.1. The summed E-state index contributed by atoms with van der Waals surface area (Å²) in [6.45, 7) is 11.1. The molecule has 6 heteroatoms. The van der Waals surface area contributed by atoms with Gasteiger partial charge in [0, 0.05) is 31.5 Å². The Bertz CT molecular complexity index is 992. The van der Waals surface area contributed by atoms with Gasteiger partial charge in [0.1, 0.15) is 4.75 Å². The van der Waals surface area contributed by atoms with Gasteiger partial charge in [-0.2, -0.15) is 0 Å². The topological polar surface area (TPSA) is 57.7 Å². The van der Waals surface area contributed by atoms with Crippen molar-refractivity contribution in [1.82, 2.24) is 9.80 Å². The first-order chi connectivity index (χ1) is 14.6. The van der Waals surface area contributed by atoms with Crippen molar-refractivity contribution in [2.24, 2.45) is 0 Å². The van der Waals surface area contributed by atoms with E-state index in [0.29, 0.717) is 5.56 Å². The van der Waals surface area contributed by atoms with Crippen LogP contribution in [0.15, 0.2) is 48.6 Å². The number of carbonyl (C=O) groups excluding carboxylic acids is 1. The van der Waals surface area contributed by atoms with Crippen LogP contribution in [0.2, 0.25) is 0 Å². The fourth-order valence-corrected chi connectivity index (χ4v) is 4.28. The van der Waals surface area contributed by atoms with E-state index >= 15 is 0 Å². The maximum absolute atomic E-state index is 13.1. The molecule has 1 unspecified atom stereocenters. The normalized spacial score (nSPS) is 22.1. The smallest absolute Gasteiger partial charge is 0.253 e. The van der Waals surface area contributed by atoms with E-state index in [2.05, 4.69) is 11.9 Å². The minimum Gasteiger partial charge on any atom is -0.337 e. The largest absolute Gasteiger partial charge is 0.337 e. The molecule has 1 aliphatic heterocycles. The molecule has 0 saturated carbocycles. The van der Waals surface area contributed by atoms with E-state index in [-0.39, 0.29) is 5.91 Å². The van der Waals surface area contributed by atoms with Crippen molar-refractivity contribution in [3.8, 4) is 0 Å². The van der Waals surface area contributed by atoms with Gasteiger partial charge in [-0.15, -0.1) is 0 Å². The van der Waals surface area contributed by atoms with Crippen LogP contribution >= 0.6 is 0 Å². The van der Waals surface area contributed by atoms with Gasteiger partial charge in [-0.05, 0) is 62.7 Å². The highest BCUT2D eigenvalue weighted by molar-refractivity contribution is 7.92. The Hall–Kier alpha value is -2.18. The number of hydrogen-bond acceptors (Lipinski definition) is 4. The van der Waals surface area contributed by atoms with Gasteiger partial charge in [0.15, 0.2) is 9.84 Å². The molecule has 1 heterocycles. The molecule has 1 saturated heterocycles. The Kier molecular flexibility index (Phi) is 8.43. The van der Waals surface area contributed by atoms with Gasteiger partial charge < -0.3 is 9.80 Å². The summed E-state index contributed by atoms with van der Waals surface area (Å²) in [6, 6.07) is 5.78. The van der Waals surface area contributed by atoms with E-state index in [1.54, 1.807) is 25.2 Å². The summed E-state index contributed by atoms with van der Waals surface area (Å²) >= 11 is 0. The maximum Gasteiger partial charge on any atom is 0.253 e. The van der Waals surface area contributed by atoms with Gasteiger partial charge in [0.2, 0.25) is 0 Å². The lowest BCUT2D eigenvalue weighted by atomic mass is 9.96. The zero-order valence-corrected chi connectivity index (χ0v) is 20.5. The van der Waals surface area contributed by atoms with E-state index in [1.807, 2.05) is 56.0 Å². The number of allylic oxidation sites excluding steroid dienone is 4. The molecule has 1 amide bonds. The Labute approximate surface area is 188 Å². The van der Waals surface area contributed by atoms with Crippen LogP contribution in [0.25, 0.3) is 5.57 Å². The second-order valence-electron chi connectivity index (χ2n) is 8.25. The molecule has 0 aromatic heterocycles. The number of sulfone groups is 1. The minimum atomic E-state index is -3.28. The molecule has 2 aliphatic rings. The molecule has 1 aromatic carbocycles. The van der Waals surface area contributed by atoms with Crippen molar-refractivity contribution < 1.29 is 13.2 Å². The fourth-order valence-electron chi connectivity index (χ4n) is 3.63. The second-order valence-corrected chi connectivity index (χ2v) is 10.7. The molecule has 1 aliphatic carbocycles. The van der Waals surface area contributed by atoms with Crippen molar-refractivity contribution in [3.05, 3.63) is 65.3 Å². The van der Waals surface area contributed by atoms with Crippen LogP contribution in [0.5, 0.6) is 0 Å². The summed E-state index contributed by atoms with van der Waals surface area (Å²) in [5.41, 5.74) is 3.56. The summed E-state index contributed by atoms with van der Waals surface area (Å²) in [4.78, 5) is 17.3. The van der Waals surface area contributed by atoms with Crippen molar-refractivity contribution in [3.63, 3.8) is 0 Å². The number of likely N-dealkylation sites (N-methyl/N-ethyl adjacent to an activating group) is 1. The molecule has 0 bridgehead atoms. The van der Waals surface area contributed by atoms with E-state index in [4.69, 9.17) is 0 Å². The Morgan fingerprint density at radius 2 is 1.77 bits per heavy atom. The van der Waals surface area contributed by atoms with Crippen LogP contribution < -0.4 is 0 Å². The zero-order chi connectivity index (χ0) is 23.2. The van der Waals surface area contributed by atoms with Gasteiger partial charge in [-0.1, -0.05) is 50.3 Å². The molecular formula is C25H36N2O3S. The average molecular weight is 445 g/mol. The highest BCUT2D eigenvalue weighted by Crippen LogP contribution is 2.29. The summed E-state index contributed by atoms with van der Waals surface area (Å²) in [5, 5.41) is 0. The predicted octanol–water partition coefficient (Wildman–Crippen LogP) is 4.11. The summed E-state index contributed by atoms with van der Waals surface area (Å²) in [6.07, 6.45) is 11.2. The number of hydrogen-bond donors (Lipinski definition) is 0. The van der Waals surface area contributed by atoms with Gasteiger partial charge >= 0.3 is 0 Å². The van der Waals surface area contributed by atoms with Crippen LogP contribution in [-0.2, 0) is 9.84 Å². The van der Waals surface area contributed by atoms with E-state index < -0.39 is 14.6 Å². The van der Waals surface area contributed by atoms with Crippen LogP contribution in [0, 0.1) is 6.92 Å². The van der Waals surface area contributed by atoms with Gasteiger partial charge in [0.25, 0.3) is 5.91 Å². The quantitative estimate of drug-likeness (QED) is 0.704. The summed E-state index contributed by atoms with van der Waals surface area (Å²) in [7, 11) is -1.20. The molecule has 0 radical (unpaired) electrons. The molecule has 5 nitrogen and oxygen atoms in total. The molecule has 170 valence electrons. The monoisotopic (exact) mass is 444 g/mol. The van der Waals surface area contributed by atoms with Gasteiger partial charge in [0.05, 0.1) is 0 Å². The standard InChI is InChI=1S/C23H30N2O3S.C2H6/c1-18-8-9-20(22(26)25-14-6-13-24(3)15-16-25)17-21(18)19-7-5-11-23(2,12-10-19)29(4,27)28;1-2/h5,7-12,17H,6,13-16H2,1-4H3;1-2H3. The molecule has 1 atom stereocenters. The summed E-state index contributed by atoms with van der Waals surface area (Å²) < 4.78 is 23.3. The average Bonchev–Trinajstić information content (AvgIpc) is 3.07. The highest BCUT2D eigenvalue weighted by atomic mass is 32.2. The second kappa shape index (κ2) is 10.4. The van der Waals surface area contributed by atoms with Crippen LogP contribution in [-0.4, -0.2) is 68.4 Å². The Morgan fingerprint density at radius 3 is 2.45 bits per heavy atom. The molecule has 0 spiro atoms. The Balaban J connectivity index is 0.00000166. The summed E-state index contributed by atoms with van der Waals surface area (Å²) in [5.74, 6) is 0.0521. The van der Waals surface area contributed by atoms with Crippen molar-refractivity contribution in [2.75, 3.05) is 39.5 Å². The number of amides is 1. The lowest BCUT2D eigenvalue weighted by Gasteiger charge is -2.21. The lowest BCUT2D eigenvalue weighted by Crippen LogP contribution is -2.34. The van der Waals surface area contributed by atoms with E-state index in [9.17, 15) is 13.2 Å². The maximum atomic E-state index is 13.1. The molecule has 0 N–H and O–H groups in total. The number of benzene rings is 1. The van der Waals surface area contributed by atoms with Crippen molar-refractivity contribution in [1.29, 1.82) is 0 Å². The van der Waals surface area contributed by atoms with Crippen LogP contribution in [0.3, 0.4) is 0 Å². The lowest BCUT2D eigenvalue weighted by molar-refractivity contribution is 0.0763. The van der Waals surface area contributed by atoms with Crippen molar-refractivity contribution in [2.45, 2.75) is 38.9 Å². The molecular weight excluding hydrogens is 408 g/mol. The first-order valence-electron chi connectivity index (χ1n) is 11.0. The number of carbonyl (C=O) groups is 1. The predicted molar refractivity (Wildman–Crippen MR) is 130 cm³/mol. The number of nitrogens with zero attached hydrogens (tertiary/aromatic N) is 2. The van der Waals surface area contributed by atoms with Gasteiger partial charge in [-0.25, -0.2) is 8.42 Å². The zero-order valence-electron chi connectivity index (χ0n) is 19.7. The van der Waals surface area contributed by atoms with Crippen molar-refractivity contribution >= 4 is 21.3 Å². The Morgan fingerprint density at radius 1 is 1.06 bits per heavy atom. The van der Waals surface area contributed by atoms with Crippen LogP contribution in [0.1, 0.15) is 48.7 Å². The van der Waals surface area contributed by atoms with E-state index in [1.165, 1.54) is 6.26 Å². The molecule has 3 rings (SSSR count). The SMILES string of the molecule is CC.Cc1ccc(C(=O)N2CCCN(C)CC2)cc1C1=CC=CC(C)(S(C)(=O)=O)C=C1. The molecule has 1 aromatic rings. The van der Waals surface area contributed by atoms with E-state index in [0.717, 1.165) is 49.3 Å². The third-order valence-corrected chi connectivity index (χ3v) is 7.77. The van der Waals surface area contributed by atoms with Gasteiger partial charge in [-0.3, -0.25) is 4.79 Å². The number of rotatable bonds is 3.